The molecule has 0 saturated carbocycles. The van der Waals surface area contributed by atoms with Crippen molar-refractivity contribution >= 4 is 0 Å². The summed E-state index contributed by atoms with van der Waals surface area (Å²) >= 11 is 0. The average molecular weight is 144 g/mol. The Morgan fingerprint density at radius 1 is 1.00 bits per heavy atom. The van der Waals surface area contributed by atoms with Crippen molar-refractivity contribution in [3.05, 3.63) is 48.1 Å². The minimum atomic E-state index is 0.615. The van der Waals surface area contributed by atoms with Crippen LogP contribution in [0.5, 0.6) is 0 Å². The summed E-state index contributed by atoms with van der Waals surface area (Å²) in [5.74, 6) is 1.23. The summed E-state index contributed by atoms with van der Waals surface area (Å²) in [6.07, 6.45) is 15.6. The summed E-state index contributed by atoms with van der Waals surface area (Å²) in [6.45, 7) is 2.15. The topological polar surface area (TPSA) is 0 Å². The van der Waals surface area contributed by atoms with Crippen molar-refractivity contribution in [1.82, 2.24) is 0 Å². The Labute approximate surface area is 67.6 Å². The van der Waals surface area contributed by atoms with E-state index >= 15 is 0 Å². The predicted octanol–water partition coefficient (Wildman–Crippen LogP) is 2.86. The largest absolute Gasteiger partial charge is 0.0767 e. The summed E-state index contributed by atoms with van der Waals surface area (Å²) in [7, 11) is 0. The van der Waals surface area contributed by atoms with Crippen LogP contribution in [0.2, 0.25) is 0 Å². The van der Waals surface area contributed by atoms with Crippen LogP contribution in [0, 0.1) is 11.8 Å². The van der Waals surface area contributed by atoms with Gasteiger partial charge in [-0.25, -0.2) is 0 Å². The normalized spacial score (nSPS) is 33.4. The zero-order chi connectivity index (χ0) is 7.68. The fourth-order valence-electron chi connectivity index (χ4n) is 1.62. The van der Waals surface area contributed by atoms with Crippen LogP contribution in [0.4, 0.5) is 0 Å². The molecular weight excluding hydrogens is 132 g/mol. The molecule has 0 spiro atoms. The second-order valence-corrected chi connectivity index (χ2v) is 3.19. The molecule has 2 aliphatic rings. The maximum Gasteiger partial charge on any atom is 0.00532 e. The molecule has 0 fully saturated rings. The van der Waals surface area contributed by atoms with Crippen LogP contribution in [0.25, 0.3) is 0 Å². The van der Waals surface area contributed by atoms with E-state index < -0.39 is 0 Å². The Morgan fingerprint density at radius 3 is 2.55 bits per heavy atom. The fourth-order valence-corrected chi connectivity index (χ4v) is 1.62. The Kier molecular flexibility index (Phi) is 1.54. The molecule has 0 aromatic rings. The van der Waals surface area contributed by atoms with Gasteiger partial charge in [0.2, 0.25) is 0 Å². The van der Waals surface area contributed by atoms with Gasteiger partial charge in [0.05, 0.1) is 0 Å². The molecule has 0 radical (unpaired) electrons. The lowest BCUT2D eigenvalue weighted by Crippen LogP contribution is -2.10. The van der Waals surface area contributed by atoms with Crippen molar-refractivity contribution in [2.75, 3.05) is 0 Å². The maximum absolute atomic E-state index is 2.32. The van der Waals surface area contributed by atoms with Crippen molar-refractivity contribution in [2.45, 2.75) is 6.92 Å². The number of hydrogen-bond acceptors (Lipinski definition) is 0. The first-order chi connectivity index (χ1) is 5.36. The molecule has 2 aliphatic carbocycles. The molecule has 0 aromatic heterocycles. The first kappa shape index (κ1) is 6.66. The van der Waals surface area contributed by atoms with Gasteiger partial charge in [-0.15, -0.1) is 0 Å². The highest BCUT2D eigenvalue weighted by Crippen LogP contribution is 2.27. The smallest absolute Gasteiger partial charge is 0.00532 e. The number of fused-ring (bicyclic) bond motifs is 1. The van der Waals surface area contributed by atoms with Gasteiger partial charge in [-0.2, -0.15) is 0 Å². The van der Waals surface area contributed by atoms with Crippen molar-refractivity contribution in [1.29, 1.82) is 0 Å². The minimum Gasteiger partial charge on any atom is -0.0767 e. The van der Waals surface area contributed by atoms with Gasteiger partial charge in [0.1, 0.15) is 0 Å². The van der Waals surface area contributed by atoms with Crippen LogP contribution in [0.3, 0.4) is 0 Å². The van der Waals surface area contributed by atoms with Gasteiger partial charge in [-0.05, 0) is 6.92 Å². The SMILES string of the molecule is CC1=CC2C=CC=CC2C=C1. The minimum absolute atomic E-state index is 0.615. The third kappa shape index (κ3) is 1.21. The molecule has 0 saturated heterocycles. The third-order valence-electron chi connectivity index (χ3n) is 2.26. The van der Waals surface area contributed by atoms with Gasteiger partial charge in [0.15, 0.2) is 0 Å². The molecule has 0 amide bonds. The third-order valence-corrected chi connectivity index (χ3v) is 2.26. The van der Waals surface area contributed by atoms with Gasteiger partial charge >= 0.3 is 0 Å². The first-order valence-electron chi connectivity index (χ1n) is 4.08. The summed E-state index contributed by atoms with van der Waals surface area (Å²) in [4.78, 5) is 0. The molecule has 0 heterocycles. The summed E-state index contributed by atoms with van der Waals surface area (Å²) in [5.41, 5.74) is 1.38. The molecule has 11 heavy (non-hydrogen) atoms. The van der Waals surface area contributed by atoms with Gasteiger partial charge in [-0.1, -0.05) is 48.1 Å². The molecular formula is C11H12. The highest BCUT2D eigenvalue weighted by Gasteiger charge is 2.15. The second-order valence-electron chi connectivity index (χ2n) is 3.19. The Bertz CT molecular complexity index is 264. The van der Waals surface area contributed by atoms with Crippen molar-refractivity contribution < 1.29 is 0 Å². The van der Waals surface area contributed by atoms with Crippen LogP contribution >= 0.6 is 0 Å². The van der Waals surface area contributed by atoms with E-state index in [0.717, 1.165) is 0 Å². The maximum atomic E-state index is 2.32. The van der Waals surface area contributed by atoms with E-state index in [-0.39, 0.29) is 0 Å². The zero-order valence-electron chi connectivity index (χ0n) is 6.70. The molecule has 2 unspecified atom stereocenters. The second kappa shape index (κ2) is 2.54. The average Bonchev–Trinajstić information content (AvgIpc) is 2.04. The van der Waals surface area contributed by atoms with E-state index in [4.69, 9.17) is 0 Å². The zero-order valence-corrected chi connectivity index (χ0v) is 6.70. The van der Waals surface area contributed by atoms with E-state index in [2.05, 4.69) is 49.5 Å². The monoisotopic (exact) mass is 144 g/mol. The van der Waals surface area contributed by atoms with Crippen LogP contribution in [-0.2, 0) is 0 Å². The van der Waals surface area contributed by atoms with Crippen molar-refractivity contribution in [3.8, 4) is 0 Å². The highest BCUT2D eigenvalue weighted by atomic mass is 14.2. The van der Waals surface area contributed by atoms with Gasteiger partial charge in [0.25, 0.3) is 0 Å². The Balaban J connectivity index is 2.29. The van der Waals surface area contributed by atoms with E-state index in [0.29, 0.717) is 11.8 Å². The molecule has 2 atom stereocenters. The quantitative estimate of drug-likeness (QED) is 0.490. The molecule has 0 nitrogen and oxygen atoms in total. The molecule has 0 aromatic carbocycles. The van der Waals surface area contributed by atoms with Crippen molar-refractivity contribution in [2.24, 2.45) is 11.8 Å². The van der Waals surface area contributed by atoms with Crippen LogP contribution < -0.4 is 0 Å². The summed E-state index contributed by atoms with van der Waals surface area (Å²) in [6, 6.07) is 0. The molecule has 0 bridgehead atoms. The first-order valence-corrected chi connectivity index (χ1v) is 4.08. The van der Waals surface area contributed by atoms with Crippen molar-refractivity contribution in [3.63, 3.8) is 0 Å². The van der Waals surface area contributed by atoms with Crippen LogP contribution in [0.15, 0.2) is 48.1 Å². The predicted molar refractivity (Wildman–Crippen MR) is 48.2 cm³/mol. The van der Waals surface area contributed by atoms with Crippen LogP contribution in [0.1, 0.15) is 6.92 Å². The van der Waals surface area contributed by atoms with E-state index in [1.54, 1.807) is 0 Å². The number of rotatable bonds is 0. The summed E-state index contributed by atoms with van der Waals surface area (Å²) < 4.78 is 0. The van der Waals surface area contributed by atoms with E-state index in [1.165, 1.54) is 5.57 Å². The van der Waals surface area contributed by atoms with Gasteiger partial charge < -0.3 is 0 Å². The lowest BCUT2D eigenvalue weighted by molar-refractivity contribution is 0.655. The Hall–Kier alpha value is -1.04. The molecule has 56 valence electrons. The molecule has 0 heteroatoms. The van der Waals surface area contributed by atoms with E-state index in [1.807, 2.05) is 0 Å². The molecule has 2 rings (SSSR count). The number of allylic oxidation sites excluding steroid dienone is 8. The Morgan fingerprint density at radius 2 is 1.73 bits per heavy atom. The fraction of sp³-hybridized carbons (Fsp3) is 0.273. The molecule has 0 aliphatic heterocycles. The standard InChI is InChI=1S/C11H12/c1-9-6-7-10-4-2-3-5-11(10)8-9/h2-8,10-11H,1H3. The number of hydrogen-bond donors (Lipinski definition) is 0. The lowest BCUT2D eigenvalue weighted by atomic mass is 9.83. The van der Waals surface area contributed by atoms with Crippen LogP contribution in [-0.4, -0.2) is 0 Å². The van der Waals surface area contributed by atoms with Gasteiger partial charge in [-0.3, -0.25) is 0 Å². The van der Waals surface area contributed by atoms with Gasteiger partial charge in [0, 0.05) is 11.8 Å². The highest BCUT2D eigenvalue weighted by molar-refractivity contribution is 5.32. The molecule has 0 N–H and O–H groups in total. The lowest BCUT2D eigenvalue weighted by Gasteiger charge is -2.21. The summed E-state index contributed by atoms with van der Waals surface area (Å²) in [5, 5.41) is 0. The van der Waals surface area contributed by atoms with E-state index in [9.17, 15) is 0 Å².